The largest absolute Gasteiger partial charge is 0.394 e. The van der Waals surface area contributed by atoms with Crippen molar-refractivity contribution in [1.29, 1.82) is 0 Å². The lowest BCUT2D eigenvalue weighted by Gasteiger charge is -2.22. The number of rotatable bonds is 5. The van der Waals surface area contributed by atoms with Crippen LogP contribution in [0.25, 0.3) is 0 Å². The highest BCUT2D eigenvalue weighted by molar-refractivity contribution is 5.56. The standard InChI is InChI=1S/C6H12O6.C3H4N2/c7-1-3(9)5(11)6(12)4(10)2-8;1-2-4-5-3-1/h1,3-6,8-12H,2H2;1-3H,(H,4,5)/t3-,4+,5+,6-;/m0./s1. The van der Waals surface area contributed by atoms with E-state index >= 15 is 0 Å². The van der Waals surface area contributed by atoms with Gasteiger partial charge < -0.3 is 30.3 Å². The van der Waals surface area contributed by atoms with Crippen molar-refractivity contribution in [2.75, 3.05) is 6.61 Å². The van der Waals surface area contributed by atoms with Crippen molar-refractivity contribution in [2.45, 2.75) is 24.4 Å². The Morgan fingerprint density at radius 3 is 2.18 bits per heavy atom. The van der Waals surface area contributed by atoms with Crippen molar-refractivity contribution in [1.82, 2.24) is 10.2 Å². The minimum atomic E-state index is -1.79. The molecule has 1 heterocycles. The lowest BCUT2D eigenvalue weighted by Crippen LogP contribution is -2.46. The zero-order valence-corrected chi connectivity index (χ0v) is 8.92. The molecular weight excluding hydrogens is 232 g/mol. The monoisotopic (exact) mass is 248 g/mol. The van der Waals surface area contributed by atoms with E-state index in [2.05, 4.69) is 10.2 Å². The number of nitrogens with one attached hydrogen (secondary N) is 1. The summed E-state index contributed by atoms with van der Waals surface area (Å²) >= 11 is 0. The molecule has 0 aliphatic carbocycles. The van der Waals surface area contributed by atoms with Gasteiger partial charge in [0.15, 0.2) is 6.29 Å². The van der Waals surface area contributed by atoms with E-state index in [9.17, 15) is 4.79 Å². The van der Waals surface area contributed by atoms with Gasteiger partial charge in [-0.3, -0.25) is 5.10 Å². The van der Waals surface area contributed by atoms with Crippen molar-refractivity contribution in [3.8, 4) is 0 Å². The van der Waals surface area contributed by atoms with Gasteiger partial charge in [0.2, 0.25) is 0 Å². The Labute approximate surface area is 97.2 Å². The molecule has 1 rings (SSSR count). The summed E-state index contributed by atoms with van der Waals surface area (Å²) < 4.78 is 0. The molecule has 0 spiro atoms. The topological polar surface area (TPSA) is 147 Å². The molecule has 0 aliphatic heterocycles. The van der Waals surface area contributed by atoms with E-state index in [0.717, 1.165) is 0 Å². The maximum absolute atomic E-state index is 9.90. The second-order valence-electron chi connectivity index (χ2n) is 3.12. The minimum Gasteiger partial charge on any atom is -0.394 e. The smallest absolute Gasteiger partial charge is 0.151 e. The van der Waals surface area contributed by atoms with Gasteiger partial charge in [-0.25, -0.2) is 0 Å². The maximum Gasteiger partial charge on any atom is 0.151 e. The van der Waals surface area contributed by atoms with Gasteiger partial charge in [0.25, 0.3) is 0 Å². The second-order valence-corrected chi connectivity index (χ2v) is 3.12. The Kier molecular flexibility index (Phi) is 8.11. The van der Waals surface area contributed by atoms with E-state index in [4.69, 9.17) is 25.5 Å². The maximum atomic E-state index is 9.90. The SMILES string of the molecule is O=C[C@H](O)[C@@H](O)[C@@H](O)[C@H](O)CO.c1cn[nH]c1. The van der Waals surface area contributed by atoms with Crippen LogP contribution >= 0.6 is 0 Å². The fourth-order valence-electron chi connectivity index (χ4n) is 0.833. The summed E-state index contributed by atoms with van der Waals surface area (Å²) in [6, 6.07) is 1.83. The molecule has 0 unspecified atom stereocenters. The van der Waals surface area contributed by atoms with Crippen LogP contribution in [0, 0.1) is 0 Å². The van der Waals surface area contributed by atoms with Crippen LogP contribution in [0.4, 0.5) is 0 Å². The van der Waals surface area contributed by atoms with Gasteiger partial charge in [-0.1, -0.05) is 0 Å². The first-order valence-electron chi connectivity index (χ1n) is 4.76. The van der Waals surface area contributed by atoms with Gasteiger partial charge in [0.05, 0.1) is 6.61 Å². The summed E-state index contributed by atoms with van der Waals surface area (Å²) in [6.45, 7) is -0.760. The predicted molar refractivity (Wildman–Crippen MR) is 55.8 cm³/mol. The normalized spacial score (nSPS) is 17.2. The van der Waals surface area contributed by atoms with Gasteiger partial charge in [0.1, 0.15) is 24.4 Å². The quantitative estimate of drug-likeness (QED) is 0.305. The van der Waals surface area contributed by atoms with Gasteiger partial charge in [-0.15, -0.1) is 0 Å². The van der Waals surface area contributed by atoms with Crippen molar-refractivity contribution >= 4 is 6.29 Å². The Bertz CT molecular complexity index is 264. The molecule has 1 aromatic rings. The molecule has 0 bridgehead atoms. The first-order valence-corrected chi connectivity index (χ1v) is 4.76. The molecule has 1 aromatic heterocycles. The number of hydrogen-bond donors (Lipinski definition) is 6. The Morgan fingerprint density at radius 1 is 1.24 bits per heavy atom. The van der Waals surface area contributed by atoms with E-state index in [1.54, 1.807) is 12.4 Å². The van der Waals surface area contributed by atoms with Crippen molar-refractivity contribution in [3.05, 3.63) is 18.5 Å². The van der Waals surface area contributed by atoms with Crippen LogP contribution in [0.2, 0.25) is 0 Å². The number of nitrogens with zero attached hydrogens (tertiary/aromatic N) is 1. The number of H-pyrrole nitrogens is 1. The van der Waals surface area contributed by atoms with Crippen molar-refractivity contribution in [3.63, 3.8) is 0 Å². The first-order chi connectivity index (χ1) is 8.04. The molecule has 6 N–H and O–H groups in total. The number of aliphatic hydroxyl groups excluding tert-OH is 5. The van der Waals surface area contributed by atoms with Crippen molar-refractivity contribution < 1.29 is 30.3 Å². The average Bonchev–Trinajstić information content (AvgIpc) is 2.93. The van der Waals surface area contributed by atoms with Crippen LogP contribution in [-0.4, -0.2) is 73.0 Å². The summed E-state index contributed by atoms with van der Waals surface area (Å²) in [5, 5.41) is 49.7. The number of aromatic amines is 1. The van der Waals surface area contributed by atoms with Crippen LogP contribution in [0.15, 0.2) is 18.5 Å². The molecule has 4 atom stereocenters. The van der Waals surface area contributed by atoms with E-state index in [1.807, 2.05) is 6.07 Å². The second kappa shape index (κ2) is 8.79. The Hall–Kier alpha value is -1.32. The first kappa shape index (κ1) is 15.7. The zero-order chi connectivity index (χ0) is 13.3. The lowest BCUT2D eigenvalue weighted by molar-refractivity contribution is -0.136. The van der Waals surface area contributed by atoms with Crippen LogP contribution < -0.4 is 0 Å². The Morgan fingerprint density at radius 2 is 1.88 bits per heavy atom. The summed E-state index contributed by atoms with van der Waals surface area (Å²) in [7, 11) is 0. The van der Waals surface area contributed by atoms with Crippen LogP contribution in [0.1, 0.15) is 0 Å². The van der Waals surface area contributed by atoms with Gasteiger partial charge in [-0.05, 0) is 6.07 Å². The molecular formula is C9H16N2O6. The Balaban J connectivity index is 0.000000419. The number of carbonyl (C=O) groups is 1. The third-order valence-corrected chi connectivity index (χ3v) is 1.83. The van der Waals surface area contributed by atoms with E-state index in [0.29, 0.717) is 0 Å². The van der Waals surface area contributed by atoms with Gasteiger partial charge in [-0.2, -0.15) is 5.10 Å². The predicted octanol–water partition coefficient (Wildman–Crippen LogP) is -2.97. The van der Waals surface area contributed by atoms with Gasteiger partial charge in [0, 0.05) is 12.4 Å². The number of carbonyl (C=O) groups excluding carboxylic acids is 1. The molecule has 98 valence electrons. The highest BCUT2D eigenvalue weighted by Crippen LogP contribution is 2.02. The lowest BCUT2D eigenvalue weighted by atomic mass is 10.0. The third kappa shape index (κ3) is 6.09. The minimum absolute atomic E-state index is 0.0258. The average molecular weight is 248 g/mol. The van der Waals surface area contributed by atoms with E-state index in [1.165, 1.54) is 0 Å². The highest BCUT2D eigenvalue weighted by Gasteiger charge is 2.29. The van der Waals surface area contributed by atoms with Crippen LogP contribution in [-0.2, 0) is 4.79 Å². The third-order valence-electron chi connectivity index (χ3n) is 1.83. The molecule has 0 radical (unpaired) electrons. The molecule has 0 amide bonds. The van der Waals surface area contributed by atoms with E-state index < -0.39 is 31.0 Å². The van der Waals surface area contributed by atoms with Gasteiger partial charge >= 0.3 is 0 Å². The molecule has 0 aromatic carbocycles. The summed E-state index contributed by atoms with van der Waals surface area (Å²) in [4.78, 5) is 9.90. The number of hydrogen-bond acceptors (Lipinski definition) is 7. The molecule has 0 saturated heterocycles. The molecule has 17 heavy (non-hydrogen) atoms. The number of aliphatic hydroxyl groups is 5. The van der Waals surface area contributed by atoms with E-state index in [-0.39, 0.29) is 6.29 Å². The van der Waals surface area contributed by atoms with Crippen LogP contribution in [0.3, 0.4) is 0 Å². The molecule has 8 nitrogen and oxygen atoms in total. The van der Waals surface area contributed by atoms with Crippen molar-refractivity contribution in [2.24, 2.45) is 0 Å². The molecule has 8 heteroatoms. The fourth-order valence-corrected chi connectivity index (χ4v) is 0.833. The highest BCUT2D eigenvalue weighted by atomic mass is 16.4. The molecule has 0 saturated carbocycles. The summed E-state index contributed by atoms with van der Waals surface area (Å²) in [5.74, 6) is 0. The zero-order valence-electron chi connectivity index (χ0n) is 8.92. The summed E-state index contributed by atoms with van der Waals surface area (Å²) in [6.07, 6.45) is -3.38. The molecule has 0 fully saturated rings. The summed E-state index contributed by atoms with van der Waals surface area (Å²) in [5.41, 5.74) is 0. The molecule has 0 aliphatic rings. The number of aromatic nitrogens is 2. The fraction of sp³-hybridized carbons (Fsp3) is 0.556. The number of aldehydes is 1. The van der Waals surface area contributed by atoms with Crippen LogP contribution in [0.5, 0.6) is 0 Å².